The molecule has 0 aromatic heterocycles. The second kappa shape index (κ2) is 4.33. The van der Waals surface area contributed by atoms with Gasteiger partial charge in [0.2, 0.25) is 0 Å². The van der Waals surface area contributed by atoms with Gasteiger partial charge in [-0.2, -0.15) is 0 Å². The van der Waals surface area contributed by atoms with Gasteiger partial charge in [0.05, 0.1) is 0 Å². The van der Waals surface area contributed by atoms with Crippen LogP contribution in [0.15, 0.2) is 18.2 Å². The average molecular weight is 187 g/mol. The molecule has 0 aliphatic rings. The zero-order chi connectivity index (χ0) is 8.97. The average Bonchev–Trinajstić information content (AvgIpc) is 2.07. The third-order valence-corrected chi connectivity index (χ3v) is 1.97. The summed E-state index contributed by atoms with van der Waals surface area (Å²) in [5, 5.41) is 0.775. The van der Waals surface area contributed by atoms with Crippen molar-refractivity contribution in [1.82, 2.24) is 0 Å². The molecule has 0 saturated carbocycles. The summed E-state index contributed by atoms with van der Waals surface area (Å²) in [5.41, 5.74) is 4.73. The Balaban J connectivity index is 2.69. The molecule has 1 rings (SSSR count). The van der Waals surface area contributed by atoms with Crippen LogP contribution in [0.5, 0.6) is 5.75 Å². The number of hydrogen-bond acceptors (Lipinski definition) is 1. The fraction of sp³-hybridized carbons (Fsp3) is 0.333. The topological polar surface area (TPSA) is 36.9 Å². The molecule has 3 heteroatoms. The Morgan fingerprint density at radius 2 is 2.25 bits per heavy atom. The van der Waals surface area contributed by atoms with E-state index in [1.54, 1.807) is 0 Å². The summed E-state index contributed by atoms with van der Waals surface area (Å²) < 4.78 is 5.37. The van der Waals surface area contributed by atoms with E-state index < -0.39 is 0 Å². The van der Waals surface area contributed by atoms with E-state index in [-0.39, 0.29) is 0 Å². The van der Waals surface area contributed by atoms with Gasteiger partial charge in [-0.15, -0.1) is 0 Å². The van der Waals surface area contributed by atoms with Crippen LogP contribution in [0, 0.1) is 6.92 Å². The van der Waals surface area contributed by atoms with Gasteiger partial charge in [-0.05, 0) is 30.7 Å². The van der Waals surface area contributed by atoms with Gasteiger partial charge in [0.25, 0.3) is 0 Å². The third kappa shape index (κ3) is 2.40. The van der Waals surface area contributed by atoms with Crippen LogP contribution in [0.1, 0.15) is 5.56 Å². The summed E-state index contributed by atoms with van der Waals surface area (Å²) in [7, 11) is 0. The highest BCUT2D eigenvalue weighted by atomic mass is 35.5. The molecule has 0 aliphatic carbocycles. The molecule has 0 unspecified atom stereocenters. The van der Waals surface area contributed by atoms with Crippen LogP contribution in [0.4, 0.5) is 0 Å². The first-order valence-corrected chi connectivity index (χ1v) is 4.30. The van der Waals surface area contributed by atoms with Crippen molar-refractivity contribution in [2.45, 2.75) is 6.92 Å². The molecule has 0 atom stereocenters. The molecule has 1 aromatic carbocycles. The first kappa shape index (κ1) is 9.36. The van der Waals surface area contributed by atoms with Gasteiger partial charge in [0, 0.05) is 5.02 Å². The summed E-state index contributed by atoms with van der Waals surface area (Å²) in [4.78, 5) is 0. The second-order valence-corrected chi connectivity index (χ2v) is 3.02. The van der Waals surface area contributed by atoms with E-state index in [0.717, 1.165) is 22.9 Å². The smallest absolute Gasteiger partial charge is 0.137 e. The highest BCUT2D eigenvalue weighted by molar-refractivity contribution is 6.31. The van der Waals surface area contributed by atoms with Crippen LogP contribution in [0.25, 0.3) is 0 Å². The van der Waals surface area contributed by atoms with Crippen LogP contribution < -0.4 is 10.5 Å². The Kier molecular flexibility index (Phi) is 3.38. The van der Waals surface area contributed by atoms with Crippen molar-refractivity contribution in [2.75, 3.05) is 13.2 Å². The Morgan fingerprint density at radius 3 is 2.83 bits per heavy atom. The van der Waals surface area contributed by atoms with Gasteiger partial charge in [0.15, 0.2) is 0 Å². The SMILES string of the molecule is Cc1cc(OCC[NH3+])ccc1Cl. The lowest BCUT2D eigenvalue weighted by Gasteiger charge is -2.04. The maximum atomic E-state index is 5.85. The summed E-state index contributed by atoms with van der Waals surface area (Å²) in [6.07, 6.45) is 0. The quantitative estimate of drug-likeness (QED) is 0.759. The minimum atomic E-state index is 0.654. The number of quaternary nitrogens is 1. The summed E-state index contributed by atoms with van der Waals surface area (Å²) in [6.45, 7) is 3.39. The maximum absolute atomic E-state index is 5.85. The lowest BCUT2D eigenvalue weighted by molar-refractivity contribution is -0.370. The third-order valence-electron chi connectivity index (χ3n) is 1.54. The largest absolute Gasteiger partial charge is 0.488 e. The van der Waals surface area contributed by atoms with E-state index in [2.05, 4.69) is 5.73 Å². The van der Waals surface area contributed by atoms with E-state index in [1.165, 1.54) is 0 Å². The predicted octanol–water partition coefficient (Wildman–Crippen LogP) is 1.27. The molecule has 1 aromatic rings. The number of halogens is 1. The van der Waals surface area contributed by atoms with E-state index in [4.69, 9.17) is 16.3 Å². The van der Waals surface area contributed by atoms with Crippen molar-refractivity contribution in [1.29, 1.82) is 0 Å². The molecule has 0 bridgehead atoms. The molecule has 0 radical (unpaired) electrons. The Morgan fingerprint density at radius 1 is 1.50 bits per heavy atom. The Bertz CT molecular complexity index is 263. The highest BCUT2D eigenvalue weighted by Crippen LogP contribution is 2.20. The predicted molar refractivity (Wildman–Crippen MR) is 49.4 cm³/mol. The number of aryl methyl sites for hydroxylation is 1. The van der Waals surface area contributed by atoms with Crippen molar-refractivity contribution >= 4 is 11.6 Å². The van der Waals surface area contributed by atoms with E-state index in [9.17, 15) is 0 Å². The van der Waals surface area contributed by atoms with Gasteiger partial charge in [-0.25, -0.2) is 0 Å². The highest BCUT2D eigenvalue weighted by Gasteiger charge is 1.97. The molecular weight excluding hydrogens is 174 g/mol. The second-order valence-electron chi connectivity index (χ2n) is 2.61. The van der Waals surface area contributed by atoms with Crippen molar-refractivity contribution in [3.05, 3.63) is 28.8 Å². The van der Waals surface area contributed by atoms with Crippen LogP contribution in [0.2, 0.25) is 5.02 Å². The fourth-order valence-corrected chi connectivity index (χ4v) is 1.01. The van der Waals surface area contributed by atoms with Crippen molar-refractivity contribution < 1.29 is 10.5 Å². The summed E-state index contributed by atoms with van der Waals surface area (Å²) in [5.74, 6) is 0.862. The van der Waals surface area contributed by atoms with Crippen molar-refractivity contribution in [3.63, 3.8) is 0 Å². The molecule has 0 saturated heterocycles. The Hall–Kier alpha value is -0.730. The number of rotatable bonds is 3. The van der Waals surface area contributed by atoms with Crippen LogP contribution >= 0.6 is 11.6 Å². The Labute approximate surface area is 77.3 Å². The van der Waals surface area contributed by atoms with Crippen LogP contribution in [-0.4, -0.2) is 13.2 Å². The molecule has 0 amide bonds. The molecule has 0 spiro atoms. The van der Waals surface area contributed by atoms with E-state index >= 15 is 0 Å². The number of hydrogen-bond donors (Lipinski definition) is 1. The van der Waals surface area contributed by atoms with Crippen molar-refractivity contribution in [2.24, 2.45) is 0 Å². The minimum Gasteiger partial charge on any atom is -0.488 e. The lowest BCUT2D eigenvalue weighted by Crippen LogP contribution is -2.52. The minimum absolute atomic E-state index is 0.654. The monoisotopic (exact) mass is 186 g/mol. The van der Waals surface area contributed by atoms with E-state index in [1.807, 2.05) is 25.1 Å². The van der Waals surface area contributed by atoms with Gasteiger partial charge >= 0.3 is 0 Å². The van der Waals surface area contributed by atoms with Gasteiger partial charge < -0.3 is 10.5 Å². The molecule has 66 valence electrons. The zero-order valence-electron chi connectivity index (χ0n) is 7.14. The lowest BCUT2D eigenvalue weighted by atomic mass is 10.2. The van der Waals surface area contributed by atoms with Gasteiger partial charge in [-0.1, -0.05) is 11.6 Å². The molecule has 0 fully saturated rings. The van der Waals surface area contributed by atoms with E-state index in [0.29, 0.717) is 6.61 Å². The molecular formula is C9H13ClNO+. The van der Waals surface area contributed by atoms with Crippen LogP contribution in [-0.2, 0) is 0 Å². The molecule has 3 N–H and O–H groups in total. The first-order valence-electron chi connectivity index (χ1n) is 3.92. The standard InChI is InChI=1S/C9H12ClNO/c1-7-6-8(12-5-4-11)2-3-9(7)10/h2-3,6H,4-5,11H2,1H3/p+1. The zero-order valence-corrected chi connectivity index (χ0v) is 7.90. The van der Waals surface area contributed by atoms with Crippen LogP contribution in [0.3, 0.4) is 0 Å². The number of benzene rings is 1. The maximum Gasteiger partial charge on any atom is 0.137 e. The molecule has 0 heterocycles. The first-order chi connectivity index (χ1) is 5.74. The van der Waals surface area contributed by atoms with Gasteiger partial charge in [-0.3, -0.25) is 0 Å². The molecule has 2 nitrogen and oxygen atoms in total. The van der Waals surface area contributed by atoms with Crippen molar-refractivity contribution in [3.8, 4) is 5.75 Å². The van der Waals surface area contributed by atoms with Gasteiger partial charge in [0.1, 0.15) is 18.9 Å². The summed E-state index contributed by atoms with van der Waals surface area (Å²) >= 11 is 5.85. The number of ether oxygens (including phenoxy) is 1. The molecule has 0 aliphatic heterocycles. The summed E-state index contributed by atoms with van der Waals surface area (Å²) in [6, 6.07) is 5.64. The fourth-order valence-electron chi connectivity index (χ4n) is 0.897. The molecule has 12 heavy (non-hydrogen) atoms. The normalized spacial score (nSPS) is 9.92.